The molecule has 1 unspecified atom stereocenters. The van der Waals surface area contributed by atoms with Crippen LogP contribution in [0, 0.1) is 0 Å². The number of nitrogens with zero attached hydrogens (tertiary/aromatic N) is 4. The van der Waals surface area contributed by atoms with Crippen molar-refractivity contribution in [3.05, 3.63) is 18.5 Å². The van der Waals surface area contributed by atoms with Crippen molar-refractivity contribution in [2.45, 2.75) is 12.5 Å². The van der Waals surface area contributed by atoms with Crippen LogP contribution in [0.15, 0.2) is 18.5 Å². The zero-order valence-corrected chi connectivity index (χ0v) is 14.0. The predicted molar refractivity (Wildman–Crippen MR) is 90.9 cm³/mol. The average Bonchev–Trinajstić information content (AvgIpc) is 2.67. The zero-order chi connectivity index (χ0) is 16.6. The van der Waals surface area contributed by atoms with E-state index in [1.807, 2.05) is 6.07 Å². The molecule has 1 atom stereocenters. The molecule has 2 fully saturated rings. The molecule has 0 saturated carbocycles. The lowest BCUT2D eigenvalue weighted by atomic mass is 10.2. The Labute approximate surface area is 142 Å². The van der Waals surface area contributed by atoms with Gasteiger partial charge in [-0.25, -0.2) is 9.97 Å². The molecule has 2 aliphatic heterocycles. The standard InChI is InChI=1S/C16H26N6O2/c23-15(14-13-24-12-6-17-14)18-5-2-7-21-8-10-22(11-9-21)16-19-3-1-4-20-16/h1,3-4,14,17H,2,5-13H2,(H,18,23). The Morgan fingerprint density at radius 1 is 1.29 bits per heavy atom. The summed E-state index contributed by atoms with van der Waals surface area (Å²) < 4.78 is 5.30. The van der Waals surface area contributed by atoms with E-state index in [9.17, 15) is 4.79 Å². The largest absolute Gasteiger partial charge is 0.378 e. The maximum atomic E-state index is 12.0. The lowest BCUT2D eigenvalue weighted by Crippen LogP contribution is -2.51. The normalized spacial score (nSPS) is 22.3. The average molecular weight is 334 g/mol. The fourth-order valence-electron chi connectivity index (χ4n) is 3.00. The first-order valence-corrected chi connectivity index (χ1v) is 8.66. The first-order valence-electron chi connectivity index (χ1n) is 8.66. The Bertz CT molecular complexity index is 501. The van der Waals surface area contributed by atoms with E-state index in [1.165, 1.54) is 0 Å². The van der Waals surface area contributed by atoms with Crippen molar-refractivity contribution in [3.8, 4) is 0 Å². The van der Waals surface area contributed by atoms with E-state index < -0.39 is 0 Å². The van der Waals surface area contributed by atoms with Gasteiger partial charge in [0, 0.05) is 51.7 Å². The molecular formula is C16H26N6O2. The second-order valence-electron chi connectivity index (χ2n) is 6.10. The van der Waals surface area contributed by atoms with Crippen LogP contribution in [0.3, 0.4) is 0 Å². The molecule has 1 aromatic rings. The Morgan fingerprint density at radius 3 is 2.79 bits per heavy atom. The highest BCUT2D eigenvalue weighted by molar-refractivity contribution is 5.81. The van der Waals surface area contributed by atoms with Gasteiger partial charge in [0.2, 0.25) is 11.9 Å². The minimum Gasteiger partial charge on any atom is -0.378 e. The van der Waals surface area contributed by atoms with Gasteiger partial charge in [0.05, 0.1) is 13.2 Å². The van der Waals surface area contributed by atoms with Crippen molar-refractivity contribution in [1.29, 1.82) is 0 Å². The smallest absolute Gasteiger partial charge is 0.239 e. The van der Waals surface area contributed by atoms with Gasteiger partial charge in [-0.2, -0.15) is 0 Å². The van der Waals surface area contributed by atoms with Gasteiger partial charge in [0.15, 0.2) is 0 Å². The summed E-state index contributed by atoms with van der Waals surface area (Å²) in [6.07, 6.45) is 4.52. The molecule has 132 valence electrons. The van der Waals surface area contributed by atoms with Gasteiger partial charge in [-0.15, -0.1) is 0 Å². The van der Waals surface area contributed by atoms with Crippen molar-refractivity contribution >= 4 is 11.9 Å². The second kappa shape index (κ2) is 8.91. The van der Waals surface area contributed by atoms with Gasteiger partial charge in [0.1, 0.15) is 6.04 Å². The molecule has 3 heterocycles. The molecule has 0 aromatic carbocycles. The summed E-state index contributed by atoms with van der Waals surface area (Å²) in [5.41, 5.74) is 0. The van der Waals surface area contributed by atoms with E-state index in [0.29, 0.717) is 19.8 Å². The van der Waals surface area contributed by atoms with Crippen LogP contribution in [0.25, 0.3) is 0 Å². The molecule has 3 rings (SSSR count). The molecule has 2 aliphatic rings. The van der Waals surface area contributed by atoms with E-state index in [-0.39, 0.29) is 11.9 Å². The van der Waals surface area contributed by atoms with Crippen LogP contribution in [-0.4, -0.2) is 85.8 Å². The van der Waals surface area contributed by atoms with Gasteiger partial charge in [-0.3, -0.25) is 9.69 Å². The molecule has 2 N–H and O–H groups in total. The maximum Gasteiger partial charge on any atom is 0.239 e. The highest BCUT2D eigenvalue weighted by atomic mass is 16.5. The molecular weight excluding hydrogens is 308 g/mol. The van der Waals surface area contributed by atoms with Crippen LogP contribution in [0.2, 0.25) is 0 Å². The fourth-order valence-corrected chi connectivity index (χ4v) is 3.00. The van der Waals surface area contributed by atoms with Gasteiger partial charge < -0.3 is 20.3 Å². The summed E-state index contributed by atoms with van der Waals surface area (Å²) in [7, 11) is 0. The Balaban J connectivity index is 1.29. The third-order valence-corrected chi connectivity index (χ3v) is 4.40. The molecule has 8 nitrogen and oxygen atoms in total. The Hall–Kier alpha value is -1.77. The molecule has 1 aromatic heterocycles. The highest BCUT2D eigenvalue weighted by Gasteiger charge is 2.21. The number of morpholine rings is 1. The lowest BCUT2D eigenvalue weighted by molar-refractivity contribution is -0.125. The fraction of sp³-hybridized carbons (Fsp3) is 0.688. The molecule has 24 heavy (non-hydrogen) atoms. The summed E-state index contributed by atoms with van der Waals surface area (Å²) in [4.78, 5) is 25.2. The number of nitrogens with one attached hydrogen (secondary N) is 2. The summed E-state index contributed by atoms with van der Waals surface area (Å²) in [5.74, 6) is 0.854. The van der Waals surface area contributed by atoms with Gasteiger partial charge in [0.25, 0.3) is 0 Å². The van der Waals surface area contributed by atoms with Crippen molar-refractivity contribution in [2.75, 3.05) is 63.9 Å². The monoisotopic (exact) mass is 334 g/mol. The van der Waals surface area contributed by atoms with Crippen LogP contribution in [-0.2, 0) is 9.53 Å². The van der Waals surface area contributed by atoms with Crippen molar-refractivity contribution in [2.24, 2.45) is 0 Å². The molecule has 0 bridgehead atoms. The number of hydrogen-bond acceptors (Lipinski definition) is 7. The molecule has 0 spiro atoms. The summed E-state index contributed by atoms with van der Waals surface area (Å²) in [5, 5.41) is 6.15. The third kappa shape index (κ3) is 4.86. The number of carbonyl (C=O) groups is 1. The number of aromatic nitrogens is 2. The number of ether oxygens (including phenoxy) is 1. The summed E-state index contributed by atoms with van der Waals surface area (Å²) >= 11 is 0. The number of amides is 1. The molecule has 1 amide bonds. The van der Waals surface area contributed by atoms with Crippen molar-refractivity contribution < 1.29 is 9.53 Å². The number of carbonyl (C=O) groups excluding carboxylic acids is 1. The van der Waals surface area contributed by atoms with E-state index in [4.69, 9.17) is 4.74 Å². The molecule has 0 aliphatic carbocycles. The number of anilines is 1. The first kappa shape index (κ1) is 17.1. The van der Waals surface area contributed by atoms with Crippen LogP contribution in [0.5, 0.6) is 0 Å². The SMILES string of the molecule is O=C(NCCCN1CCN(c2ncccn2)CC1)C1COCCN1. The Kier molecular flexibility index (Phi) is 6.33. The molecule has 0 radical (unpaired) electrons. The van der Waals surface area contributed by atoms with Crippen molar-refractivity contribution in [3.63, 3.8) is 0 Å². The van der Waals surface area contributed by atoms with Crippen molar-refractivity contribution in [1.82, 2.24) is 25.5 Å². The summed E-state index contributed by atoms with van der Waals surface area (Å²) in [6.45, 7) is 7.50. The topological polar surface area (TPSA) is 82.6 Å². The zero-order valence-electron chi connectivity index (χ0n) is 14.0. The van der Waals surface area contributed by atoms with Crippen LogP contribution < -0.4 is 15.5 Å². The number of piperazine rings is 1. The van der Waals surface area contributed by atoms with E-state index in [0.717, 1.165) is 51.6 Å². The van der Waals surface area contributed by atoms with Crippen LogP contribution in [0.4, 0.5) is 5.95 Å². The number of hydrogen-bond donors (Lipinski definition) is 2. The van der Waals surface area contributed by atoms with Crippen LogP contribution >= 0.6 is 0 Å². The van der Waals surface area contributed by atoms with E-state index in [2.05, 4.69) is 30.4 Å². The van der Waals surface area contributed by atoms with Gasteiger partial charge >= 0.3 is 0 Å². The minimum absolute atomic E-state index is 0.0424. The first-order chi connectivity index (χ1) is 11.8. The predicted octanol–water partition coefficient (Wildman–Crippen LogP) is -0.907. The van der Waals surface area contributed by atoms with E-state index in [1.54, 1.807) is 12.4 Å². The second-order valence-corrected chi connectivity index (χ2v) is 6.10. The lowest BCUT2D eigenvalue weighted by Gasteiger charge is -2.34. The Morgan fingerprint density at radius 2 is 2.08 bits per heavy atom. The van der Waals surface area contributed by atoms with Gasteiger partial charge in [-0.1, -0.05) is 0 Å². The quantitative estimate of drug-likeness (QED) is 0.652. The third-order valence-electron chi connectivity index (χ3n) is 4.40. The highest BCUT2D eigenvalue weighted by Crippen LogP contribution is 2.09. The summed E-state index contributed by atoms with van der Waals surface area (Å²) in [6, 6.07) is 1.64. The number of rotatable bonds is 6. The minimum atomic E-state index is -0.201. The van der Waals surface area contributed by atoms with Crippen LogP contribution in [0.1, 0.15) is 6.42 Å². The van der Waals surface area contributed by atoms with Gasteiger partial charge in [-0.05, 0) is 19.0 Å². The van der Waals surface area contributed by atoms with E-state index >= 15 is 0 Å². The molecule has 8 heteroatoms. The maximum absolute atomic E-state index is 12.0. The molecule has 2 saturated heterocycles.